The fourth-order valence-electron chi connectivity index (χ4n) is 8.72. The molecule has 48 heavy (non-hydrogen) atoms. The number of fused-ring (bicyclic) bond motifs is 7. The molecule has 10 rings (SSSR count). The van der Waals surface area contributed by atoms with Crippen LogP contribution in [0.4, 0.5) is 22.7 Å². The van der Waals surface area contributed by atoms with Crippen molar-refractivity contribution in [2.75, 3.05) is 9.62 Å². The van der Waals surface area contributed by atoms with E-state index in [9.17, 15) is 0 Å². The molecule has 3 heteroatoms. The monoisotopic (exact) mass is 612 g/mol. The highest BCUT2D eigenvalue weighted by Crippen LogP contribution is 2.56. The van der Waals surface area contributed by atoms with Crippen molar-refractivity contribution in [3.05, 3.63) is 175 Å². The lowest BCUT2D eigenvalue weighted by molar-refractivity contribution is 0.660. The molecular formula is C45H33BN2. The van der Waals surface area contributed by atoms with Gasteiger partial charge in [0.1, 0.15) is 0 Å². The van der Waals surface area contributed by atoms with Gasteiger partial charge in [0.25, 0.3) is 0 Å². The third-order valence-corrected chi connectivity index (χ3v) is 10.8. The van der Waals surface area contributed by atoms with E-state index in [2.05, 4.69) is 187 Å². The summed E-state index contributed by atoms with van der Waals surface area (Å²) in [7, 11) is 0. The van der Waals surface area contributed by atoms with Gasteiger partial charge in [-0.1, -0.05) is 147 Å². The van der Waals surface area contributed by atoms with Crippen LogP contribution in [-0.2, 0) is 5.41 Å². The second-order valence-electron chi connectivity index (χ2n) is 13.7. The summed E-state index contributed by atoms with van der Waals surface area (Å²) >= 11 is 0. The molecule has 0 N–H and O–H groups in total. The Hall–Kier alpha value is -5.80. The first-order valence-electron chi connectivity index (χ1n) is 16.9. The summed E-state index contributed by atoms with van der Waals surface area (Å²) in [5, 5.41) is 0. The summed E-state index contributed by atoms with van der Waals surface area (Å²) in [5.74, 6) is 0. The second-order valence-corrected chi connectivity index (χ2v) is 13.7. The largest absolute Gasteiger partial charge is 0.421 e. The first-order chi connectivity index (χ1) is 23.6. The molecule has 0 radical (unpaired) electrons. The van der Waals surface area contributed by atoms with Crippen LogP contribution >= 0.6 is 0 Å². The van der Waals surface area contributed by atoms with Gasteiger partial charge >= 0.3 is 6.98 Å². The number of nitrogens with zero attached hydrogens (tertiary/aromatic N) is 2. The van der Waals surface area contributed by atoms with E-state index < -0.39 is 0 Å². The van der Waals surface area contributed by atoms with Crippen molar-refractivity contribution >= 4 is 35.2 Å². The third-order valence-electron chi connectivity index (χ3n) is 10.8. The highest BCUT2D eigenvalue weighted by molar-refractivity contribution is 6.86. The van der Waals surface area contributed by atoms with Crippen LogP contribution in [-0.4, -0.2) is 6.98 Å². The maximum Gasteiger partial charge on any atom is 0.421 e. The van der Waals surface area contributed by atoms with Gasteiger partial charge in [-0.25, -0.2) is 0 Å². The summed E-state index contributed by atoms with van der Waals surface area (Å²) in [4.78, 5) is 5.23. The second kappa shape index (κ2) is 10.1. The fraction of sp³-hybridized carbons (Fsp3) is 0.0667. The van der Waals surface area contributed by atoms with E-state index in [1.54, 1.807) is 0 Å². The summed E-state index contributed by atoms with van der Waals surface area (Å²) in [6.45, 7) is 4.63. The van der Waals surface area contributed by atoms with Crippen LogP contribution in [0.25, 0.3) is 44.5 Å². The molecule has 1 aliphatic carbocycles. The van der Waals surface area contributed by atoms with Crippen molar-refractivity contribution in [2.24, 2.45) is 0 Å². The Morgan fingerprint density at radius 3 is 1.69 bits per heavy atom. The Bertz CT molecular complexity index is 2400. The predicted octanol–water partition coefficient (Wildman–Crippen LogP) is 11.0. The Morgan fingerprint density at radius 2 is 0.938 bits per heavy atom. The molecule has 7 aromatic carbocycles. The maximum absolute atomic E-state index is 2.64. The minimum atomic E-state index is -0.116. The molecule has 0 unspecified atom stereocenters. The topological polar surface area (TPSA) is 6.48 Å². The molecule has 0 spiro atoms. The Balaban J connectivity index is 1.30. The fourth-order valence-corrected chi connectivity index (χ4v) is 8.72. The smallest absolute Gasteiger partial charge is 0.361 e. The molecule has 2 nitrogen and oxygen atoms in total. The lowest BCUT2D eigenvalue weighted by Gasteiger charge is -2.48. The molecule has 0 atom stereocenters. The number of hydrogen-bond acceptors (Lipinski definition) is 2. The van der Waals surface area contributed by atoms with Gasteiger partial charge in [0.2, 0.25) is 0 Å². The quantitative estimate of drug-likeness (QED) is 0.183. The molecule has 0 saturated carbocycles. The normalized spacial score (nSPS) is 14.5. The van der Waals surface area contributed by atoms with E-state index >= 15 is 0 Å². The van der Waals surface area contributed by atoms with Crippen LogP contribution in [0.2, 0.25) is 0 Å². The van der Waals surface area contributed by atoms with Crippen molar-refractivity contribution < 1.29 is 0 Å². The predicted molar refractivity (Wildman–Crippen MR) is 203 cm³/mol. The van der Waals surface area contributed by atoms with Crippen LogP contribution in [0.3, 0.4) is 0 Å². The molecule has 2 heterocycles. The van der Waals surface area contributed by atoms with Crippen LogP contribution in [0.5, 0.6) is 0 Å². The Labute approximate surface area is 282 Å². The van der Waals surface area contributed by atoms with Crippen LogP contribution < -0.4 is 15.1 Å². The van der Waals surface area contributed by atoms with Crippen LogP contribution in [0.1, 0.15) is 25.0 Å². The van der Waals surface area contributed by atoms with Gasteiger partial charge in [0.15, 0.2) is 0 Å². The number of anilines is 4. The Morgan fingerprint density at radius 1 is 0.417 bits per heavy atom. The summed E-state index contributed by atoms with van der Waals surface area (Å²) in [5.41, 5.74) is 19.1. The highest BCUT2D eigenvalue weighted by Gasteiger charge is 2.48. The van der Waals surface area contributed by atoms with Crippen molar-refractivity contribution in [1.29, 1.82) is 0 Å². The number of rotatable bonds is 3. The Kier molecular flexibility index (Phi) is 5.75. The zero-order valence-electron chi connectivity index (χ0n) is 27.1. The zero-order valence-corrected chi connectivity index (χ0v) is 27.1. The summed E-state index contributed by atoms with van der Waals surface area (Å²) < 4.78 is 0. The molecule has 0 aromatic heterocycles. The molecule has 7 aromatic rings. The van der Waals surface area contributed by atoms with Gasteiger partial charge < -0.3 is 9.62 Å². The molecule has 2 aliphatic heterocycles. The number of benzene rings is 7. The maximum atomic E-state index is 2.64. The van der Waals surface area contributed by atoms with Gasteiger partial charge in [-0.15, -0.1) is 0 Å². The van der Waals surface area contributed by atoms with E-state index in [1.807, 2.05) is 0 Å². The third kappa shape index (κ3) is 3.70. The van der Waals surface area contributed by atoms with E-state index in [1.165, 1.54) is 83.8 Å². The van der Waals surface area contributed by atoms with E-state index in [-0.39, 0.29) is 12.4 Å². The van der Waals surface area contributed by atoms with Crippen molar-refractivity contribution in [3.8, 4) is 44.5 Å². The van der Waals surface area contributed by atoms with Crippen LogP contribution in [0, 0.1) is 0 Å². The average molecular weight is 613 g/mol. The zero-order chi connectivity index (χ0) is 32.0. The molecule has 0 amide bonds. The van der Waals surface area contributed by atoms with Gasteiger partial charge in [0.05, 0.1) is 0 Å². The van der Waals surface area contributed by atoms with E-state index in [4.69, 9.17) is 0 Å². The SMILES string of the molecule is CC1(C)c2ccccc2-c2c(N3B4c5c(cccc5-c5ccccc53)-c3ccccc3N4c3cccc(-c4ccccc4)c3)cccc21. The summed E-state index contributed by atoms with van der Waals surface area (Å²) in [6.07, 6.45) is 0. The molecule has 3 aliphatic rings. The van der Waals surface area contributed by atoms with Crippen molar-refractivity contribution in [1.82, 2.24) is 0 Å². The molecular weight excluding hydrogens is 579 g/mol. The molecule has 0 fully saturated rings. The minimum Gasteiger partial charge on any atom is -0.361 e. The molecule has 226 valence electrons. The molecule has 0 bridgehead atoms. The average Bonchev–Trinajstić information content (AvgIpc) is 3.38. The van der Waals surface area contributed by atoms with Gasteiger partial charge in [-0.3, -0.25) is 0 Å². The standard InChI is InChI=1S/C45H33BN2/c1-45(2)38-24-9-6-21-37(38)43-39(45)25-14-28-42(43)48-41-27-11-8-20-34(41)36-23-13-22-35-33-19-7-10-26-40(33)47(46(48)44(35)36)32-18-12-17-31(29-32)30-15-4-3-5-16-30/h3-29H,1-2H3. The van der Waals surface area contributed by atoms with Gasteiger partial charge in [0, 0.05) is 44.9 Å². The first-order valence-corrected chi connectivity index (χ1v) is 16.9. The van der Waals surface area contributed by atoms with Crippen LogP contribution in [0.15, 0.2) is 164 Å². The minimum absolute atomic E-state index is 0.0941. The molecule has 0 saturated heterocycles. The van der Waals surface area contributed by atoms with Crippen molar-refractivity contribution in [2.45, 2.75) is 19.3 Å². The van der Waals surface area contributed by atoms with E-state index in [0.717, 1.165) is 0 Å². The lowest BCUT2D eigenvalue weighted by Crippen LogP contribution is -2.62. The highest BCUT2D eigenvalue weighted by atomic mass is 15.2. The van der Waals surface area contributed by atoms with Crippen molar-refractivity contribution in [3.63, 3.8) is 0 Å². The van der Waals surface area contributed by atoms with Gasteiger partial charge in [-0.2, -0.15) is 0 Å². The van der Waals surface area contributed by atoms with E-state index in [0.29, 0.717) is 0 Å². The number of hydrogen-bond donors (Lipinski definition) is 0. The summed E-state index contributed by atoms with van der Waals surface area (Å²) in [6, 6.07) is 60.6. The first kappa shape index (κ1) is 27.3. The lowest BCUT2D eigenvalue weighted by atomic mass is 9.53. The van der Waals surface area contributed by atoms with Gasteiger partial charge in [-0.05, 0) is 74.7 Å². The number of para-hydroxylation sites is 2.